The predicted molar refractivity (Wildman–Crippen MR) is 41.4 cm³/mol. The summed E-state index contributed by atoms with van der Waals surface area (Å²) in [5.74, 6) is -0.413. The average molecular weight is 145 g/mol. The van der Waals surface area contributed by atoms with Gasteiger partial charge in [0.05, 0.1) is 6.61 Å². The van der Waals surface area contributed by atoms with Gasteiger partial charge in [0, 0.05) is 6.61 Å². The van der Waals surface area contributed by atoms with Gasteiger partial charge >= 0.3 is 0 Å². The Labute approximate surface area is 63.5 Å². The zero-order valence-electron chi connectivity index (χ0n) is 7.31. The van der Waals surface area contributed by atoms with Crippen LogP contribution in [0.2, 0.25) is 0 Å². The van der Waals surface area contributed by atoms with Crippen molar-refractivity contribution in [3.63, 3.8) is 0 Å². The van der Waals surface area contributed by atoms with E-state index in [4.69, 9.17) is 9.47 Å². The first kappa shape index (κ1) is 9.92. The Hall–Kier alpha value is -0.0800. The van der Waals surface area contributed by atoms with Gasteiger partial charge in [-0.1, -0.05) is 6.92 Å². The van der Waals surface area contributed by atoms with Gasteiger partial charge < -0.3 is 9.47 Å². The summed E-state index contributed by atoms with van der Waals surface area (Å²) in [5, 5.41) is 0. The summed E-state index contributed by atoms with van der Waals surface area (Å²) in [7, 11) is 0. The number of hydrogen-bond donors (Lipinski definition) is 0. The number of hydrogen-bond acceptors (Lipinski definition) is 2. The molecule has 0 aromatic carbocycles. The smallest absolute Gasteiger partial charge is 0.165 e. The second kappa shape index (κ2) is 4.69. The molecule has 0 bridgehead atoms. The molecule has 10 heavy (non-hydrogen) atoms. The highest BCUT2D eigenvalue weighted by Crippen LogP contribution is 2.17. The molecule has 0 aliphatic carbocycles. The van der Waals surface area contributed by atoms with Crippen molar-refractivity contribution >= 4 is 0 Å². The molecule has 1 unspecified atom stereocenters. The Balaban J connectivity index is 3.69. The van der Waals surface area contributed by atoms with Gasteiger partial charge in [0.25, 0.3) is 0 Å². The maximum atomic E-state index is 5.37. The van der Waals surface area contributed by atoms with Crippen molar-refractivity contribution < 1.29 is 9.47 Å². The van der Waals surface area contributed by atoms with Gasteiger partial charge in [0.1, 0.15) is 0 Å². The molecule has 0 spiro atoms. The van der Waals surface area contributed by atoms with Crippen molar-refractivity contribution in [2.45, 2.75) is 39.9 Å². The zero-order valence-corrected chi connectivity index (χ0v) is 7.31. The molecule has 0 aromatic rings. The molecule has 2 heteroatoms. The lowest BCUT2D eigenvalue weighted by Crippen LogP contribution is -2.30. The van der Waals surface area contributed by atoms with Crippen molar-refractivity contribution in [2.75, 3.05) is 6.61 Å². The van der Waals surface area contributed by atoms with Crippen LogP contribution in [0.25, 0.3) is 0 Å². The average Bonchev–Trinajstić information content (AvgIpc) is 1.89. The molecule has 0 rings (SSSR count). The van der Waals surface area contributed by atoms with Gasteiger partial charge in [0.15, 0.2) is 5.79 Å². The van der Waals surface area contributed by atoms with E-state index in [-0.39, 0.29) is 0 Å². The third kappa shape index (κ3) is 3.18. The summed E-state index contributed by atoms with van der Waals surface area (Å²) < 4.78 is 10.6. The highest BCUT2D eigenvalue weighted by Gasteiger charge is 2.21. The minimum absolute atomic E-state index is 0.413. The molecule has 0 N–H and O–H groups in total. The van der Waals surface area contributed by atoms with Crippen LogP contribution in [0.1, 0.15) is 34.1 Å². The fourth-order valence-corrected chi connectivity index (χ4v) is 0.774. The van der Waals surface area contributed by atoms with Crippen molar-refractivity contribution in [3.8, 4) is 0 Å². The molecule has 0 amide bonds. The molecule has 0 fully saturated rings. The SMILES string of the molecule is C[CH]OC(C)(CC)OCC. The Morgan fingerprint density at radius 3 is 2.30 bits per heavy atom. The molecular weight excluding hydrogens is 128 g/mol. The minimum atomic E-state index is -0.413. The van der Waals surface area contributed by atoms with Gasteiger partial charge in [-0.25, -0.2) is 0 Å². The molecule has 2 nitrogen and oxygen atoms in total. The van der Waals surface area contributed by atoms with Crippen molar-refractivity contribution in [2.24, 2.45) is 0 Å². The highest BCUT2D eigenvalue weighted by atomic mass is 16.7. The second-order valence-corrected chi connectivity index (χ2v) is 2.27. The first-order valence-electron chi connectivity index (χ1n) is 3.78. The lowest BCUT2D eigenvalue weighted by molar-refractivity contribution is -0.204. The molecule has 0 saturated carbocycles. The molecular formula is C8H17O2. The molecule has 61 valence electrons. The number of ether oxygens (including phenoxy) is 2. The summed E-state index contributed by atoms with van der Waals surface area (Å²) in [6, 6.07) is 0. The van der Waals surface area contributed by atoms with Crippen LogP contribution in [0.4, 0.5) is 0 Å². The lowest BCUT2D eigenvalue weighted by Gasteiger charge is -2.27. The molecule has 0 aliphatic heterocycles. The fraction of sp³-hybridized carbons (Fsp3) is 0.875. The van der Waals surface area contributed by atoms with Crippen LogP contribution >= 0.6 is 0 Å². The second-order valence-electron chi connectivity index (χ2n) is 2.27. The third-order valence-electron chi connectivity index (χ3n) is 1.46. The van der Waals surface area contributed by atoms with E-state index in [9.17, 15) is 0 Å². The van der Waals surface area contributed by atoms with E-state index in [0.29, 0.717) is 6.61 Å². The zero-order chi connectivity index (χ0) is 8.04. The van der Waals surface area contributed by atoms with Gasteiger partial charge in [-0.15, -0.1) is 0 Å². The largest absolute Gasteiger partial charge is 0.351 e. The highest BCUT2D eigenvalue weighted by molar-refractivity contribution is 4.61. The maximum absolute atomic E-state index is 5.37. The van der Waals surface area contributed by atoms with E-state index >= 15 is 0 Å². The minimum Gasteiger partial charge on any atom is -0.351 e. The Morgan fingerprint density at radius 2 is 2.00 bits per heavy atom. The van der Waals surface area contributed by atoms with E-state index in [1.54, 1.807) is 6.61 Å². The summed E-state index contributed by atoms with van der Waals surface area (Å²) in [6.07, 6.45) is 0.866. The van der Waals surface area contributed by atoms with Gasteiger partial charge in [-0.3, -0.25) is 0 Å². The monoisotopic (exact) mass is 145 g/mol. The third-order valence-corrected chi connectivity index (χ3v) is 1.46. The Morgan fingerprint density at radius 1 is 1.40 bits per heavy atom. The standard InChI is InChI=1S/C8H17O2/c1-5-8(4,9-6-2)10-7-3/h6H,5,7H2,1-4H3. The molecule has 0 aromatic heterocycles. The van der Waals surface area contributed by atoms with E-state index in [1.165, 1.54) is 0 Å². The van der Waals surface area contributed by atoms with Gasteiger partial charge in [-0.2, -0.15) is 0 Å². The normalized spacial score (nSPS) is 12.0. The summed E-state index contributed by atoms with van der Waals surface area (Å²) in [6.45, 7) is 10.2. The summed E-state index contributed by atoms with van der Waals surface area (Å²) in [4.78, 5) is 0. The Bertz CT molecular complexity index is 75.3. The van der Waals surface area contributed by atoms with Crippen LogP contribution in [0.15, 0.2) is 0 Å². The first-order valence-corrected chi connectivity index (χ1v) is 3.78. The quantitative estimate of drug-likeness (QED) is 0.553. The molecule has 1 atom stereocenters. The number of rotatable bonds is 5. The van der Waals surface area contributed by atoms with Crippen molar-refractivity contribution in [3.05, 3.63) is 6.61 Å². The van der Waals surface area contributed by atoms with E-state index < -0.39 is 5.79 Å². The maximum Gasteiger partial charge on any atom is 0.165 e. The molecule has 0 aliphatic rings. The van der Waals surface area contributed by atoms with E-state index in [1.807, 2.05) is 27.7 Å². The Kier molecular flexibility index (Phi) is 4.65. The molecule has 1 radical (unpaired) electrons. The molecule has 0 saturated heterocycles. The van der Waals surface area contributed by atoms with Gasteiger partial charge in [0.2, 0.25) is 0 Å². The van der Waals surface area contributed by atoms with Crippen LogP contribution < -0.4 is 0 Å². The van der Waals surface area contributed by atoms with Crippen LogP contribution in [-0.2, 0) is 9.47 Å². The summed E-state index contributed by atoms with van der Waals surface area (Å²) >= 11 is 0. The van der Waals surface area contributed by atoms with E-state index in [2.05, 4.69) is 0 Å². The van der Waals surface area contributed by atoms with Crippen LogP contribution in [-0.4, -0.2) is 12.4 Å². The van der Waals surface area contributed by atoms with Gasteiger partial charge in [-0.05, 0) is 27.2 Å². The van der Waals surface area contributed by atoms with E-state index in [0.717, 1.165) is 6.42 Å². The van der Waals surface area contributed by atoms with Crippen LogP contribution in [0.3, 0.4) is 0 Å². The lowest BCUT2D eigenvalue weighted by atomic mass is 10.2. The first-order chi connectivity index (χ1) is 4.68. The summed E-state index contributed by atoms with van der Waals surface area (Å²) in [5.41, 5.74) is 0. The fourth-order valence-electron chi connectivity index (χ4n) is 0.774. The topological polar surface area (TPSA) is 18.5 Å². The van der Waals surface area contributed by atoms with Crippen LogP contribution in [0.5, 0.6) is 0 Å². The molecule has 0 heterocycles. The van der Waals surface area contributed by atoms with Crippen molar-refractivity contribution in [1.82, 2.24) is 0 Å². The van der Waals surface area contributed by atoms with Crippen molar-refractivity contribution in [1.29, 1.82) is 0 Å². The van der Waals surface area contributed by atoms with Crippen LogP contribution in [0, 0.1) is 6.61 Å². The predicted octanol–water partition coefficient (Wildman–Crippen LogP) is 2.35.